The maximum Gasteiger partial charge on any atom is 0.341 e. The number of carbonyl (C=O) groups excluding carboxylic acids is 1. The van der Waals surface area contributed by atoms with Crippen LogP contribution >= 0.6 is 15.9 Å². The van der Waals surface area contributed by atoms with Crippen LogP contribution < -0.4 is 11.1 Å². The van der Waals surface area contributed by atoms with Crippen molar-refractivity contribution in [2.75, 3.05) is 17.7 Å². The zero-order valence-electron chi connectivity index (χ0n) is 13.8. The summed E-state index contributed by atoms with van der Waals surface area (Å²) < 4.78 is 6.08. The van der Waals surface area contributed by atoms with Gasteiger partial charge >= 0.3 is 5.97 Å². The van der Waals surface area contributed by atoms with Crippen molar-refractivity contribution in [3.8, 4) is 0 Å². The minimum absolute atomic E-state index is 0.312. The van der Waals surface area contributed by atoms with E-state index >= 15 is 0 Å². The highest BCUT2D eigenvalue weighted by atomic mass is 79.9. The summed E-state index contributed by atoms with van der Waals surface area (Å²) in [6, 6.07) is 13.4. The first-order valence-corrected chi connectivity index (χ1v) is 8.71. The molecule has 0 aliphatic heterocycles. The Bertz CT molecular complexity index is 910. The van der Waals surface area contributed by atoms with Crippen LogP contribution in [0.25, 0.3) is 10.9 Å². The first-order valence-electron chi connectivity index (χ1n) is 7.92. The van der Waals surface area contributed by atoms with E-state index in [1.807, 2.05) is 42.5 Å². The second-order valence-corrected chi connectivity index (χ2v) is 6.44. The Morgan fingerprint density at radius 3 is 2.72 bits per heavy atom. The lowest BCUT2D eigenvalue weighted by Gasteiger charge is -2.14. The van der Waals surface area contributed by atoms with Crippen LogP contribution in [0, 0.1) is 0 Å². The smallest absolute Gasteiger partial charge is 0.341 e. The Hall–Kier alpha value is -2.60. The van der Waals surface area contributed by atoms with Gasteiger partial charge in [0.05, 0.1) is 17.8 Å². The first-order chi connectivity index (χ1) is 12.1. The van der Waals surface area contributed by atoms with Crippen LogP contribution in [0.1, 0.15) is 22.8 Å². The molecule has 6 heteroatoms. The molecule has 3 N–H and O–H groups in total. The van der Waals surface area contributed by atoms with Crippen molar-refractivity contribution in [3.63, 3.8) is 0 Å². The molecule has 0 unspecified atom stereocenters. The van der Waals surface area contributed by atoms with Crippen molar-refractivity contribution in [2.24, 2.45) is 0 Å². The monoisotopic (exact) mass is 399 g/mol. The van der Waals surface area contributed by atoms with Crippen molar-refractivity contribution in [2.45, 2.75) is 13.5 Å². The molecule has 3 rings (SSSR count). The van der Waals surface area contributed by atoms with Crippen molar-refractivity contribution in [1.82, 2.24) is 4.98 Å². The Kier molecular flexibility index (Phi) is 5.19. The molecule has 0 fully saturated rings. The fourth-order valence-corrected chi connectivity index (χ4v) is 2.91. The van der Waals surface area contributed by atoms with Gasteiger partial charge in [0.15, 0.2) is 0 Å². The lowest BCUT2D eigenvalue weighted by molar-refractivity contribution is 0.0527. The lowest BCUT2D eigenvalue weighted by Crippen LogP contribution is -2.11. The van der Waals surface area contributed by atoms with Crippen molar-refractivity contribution >= 4 is 44.2 Å². The summed E-state index contributed by atoms with van der Waals surface area (Å²) >= 11 is 3.48. The maximum atomic E-state index is 12.3. The summed E-state index contributed by atoms with van der Waals surface area (Å²) in [5, 5.41) is 4.21. The summed E-state index contributed by atoms with van der Waals surface area (Å²) in [6.45, 7) is 2.65. The Morgan fingerprint density at radius 2 is 2.00 bits per heavy atom. The van der Waals surface area contributed by atoms with Gasteiger partial charge in [-0.25, -0.2) is 4.79 Å². The number of ether oxygens (including phenoxy) is 1. The molecule has 0 atom stereocenters. The summed E-state index contributed by atoms with van der Waals surface area (Å²) in [5.41, 5.74) is 9.43. The highest BCUT2D eigenvalue weighted by molar-refractivity contribution is 9.10. The Morgan fingerprint density at radius 1 is 1.24 bits per heavy atom. The number of nitrogens with one attached hydrogen (secondary N) is 1. The van der Waals surface area contributed by atoms with Gasteiger partial charge < -0.3 is 15.8 Å². The van der Waals surface area contributed by atoms with Crippen LogP contribution in [-0.2, 0) is 11.3 Å². The van der Waals surface area contributed by atoms with Gasteiger partial charge in [0, 0.05) is 28.3 Å². The predicted octanol–water partition coefficient (Wildman–Crippen LogP) is 4.37. The molecule has 0 aliphatic carbocycles. The SMILES string of the molecule is CCOC(=O)c1cnc2ccc(Br)cc2c1NCc1ccc(N)cc1. The molecule has 2 aromatic carbocycles. The molecule has 0 bridgehead atoms. The van der Waals surface area contributed by atoms with Crippen molar-refractivity contribution in [1.29, 1.82) is 0 Å². The Balaban J connectivity index is 2.02. The number of nitrogens with two attached hydrogens (primary N) is 1. The van der Waals surface area contributed by atoms with Gasteiger partial charge in [0.25, 0.3) is 0 Å². The second kappa shape index (κ2) is 7.53. The normalized spacial score (nSPS) is 10.6. The number of hydrogen-bond donors (Lipinski definition) is 2. The third kappa shape index (κ3) is 3.91. The number of nitrogen functional groups attached to an aromatic ring is 1. The van der Waals surface area contributed by atoms with E-state index in [0.717, 1.165) is 20.9 Å². The van der Waals surface area contributed by atoms with E-state index in [2.05, 4.69) is 26.2 Å². The number of anilines is 2. The van der Waals surface area contributed by atoms with Crippen LogP contribution in [-0.4, -0.2) is 17.6 Å². The molecule has 1 aromatic heterocycles. The number of halogens is 1. The summed E-state index contributed by atoms with van der Waals surface area (Å²) in [5.74, 6) is -0.392. The highest BCUT2D eigenvalue weighted by Crippen LogP contribution is 2.29. The summed E-state index contributed by atoms with van der Waals surface area (Å²) in [4.78, 5) is 16.7. The fraction of sp³-hybridized carbons (Fsp3) is 0.158. The molecular formula is C19H18BrN3O2. The molecule has 5 nitrogen and oxygen atoms in total. The van der Waals surface area contributed by atoms with E-state index in [1.165, 1.54) is 0 Å². The predicted molar refractivity (Wildman–Crippen MR) is 104 cm³/mol. The van der Waals surface area contributed by atoms with Crippen LogP contribution in [0.15, 0.2) is 53.1 Å². The zero-order valence-corrected chi connectivity index (χ0v) is 15.3. The van der Waals surface area contributed by atoms with E-state index in [9.17, 15) is 4.79 Å². The van der Waals surface area contributed by atoms with E-state index in [1.54, 1.807) is 13.1 Å². The minimum Gasteiger partial charge on any atom is -0.462 e. The number of nitrogens with zero attached hydrogens (tertiary/aromatic N) is 1. The van der Waals surface area contributed by atoms with E-state index in [-0.39, 0.29) is 0 Å². The average Bonchev–Trinajstić information content (AvgIpc) is 2.61. The van der Waals surface area contributed by atoms with E-state index < -0.39 is 5.97 Å². The van der Waals surface area contributed by atoms with E-state index in [4.69, 9.17) is 10.5 Å². The van der Waals surface area contributed by atoms with Crippen LogP contribution in [0.4, 0.5) is 11.4 Å². The molecule has 1 heterocycles. The van der Waals surface area contributed by atoms with Gasteiger partial charge in [-0.2, -0.15) is 0 Å². The molecule has 128 valence electrons. The fourth-order valence-electron chi connectivity index (χ4n) is 2.54. The largest absolute Gasteiger partial charge is 0.462 e. The van der Waals surface area contributed by atoms with Gasteiger partial charge in [-0.05, 0) is 42.8 Å². The average molecular weight is 400 g/mol. The lowest BCUT2D eigenvalue weighted by atomic mass is 10.1. The van der Waals surface area contributed by atoms with Crippen LogP contribution in [0.2, 0.25) is 0 Å². The van der Waals surface area contributed by atoms with Crippen LogP contribution in [0.5, 0.6) is 0 Å². The summed E-state index contributed by atoms with van der Waals surface area (Å²) in [7, 11) is 0. The molecule has 0 spiro atoms. The highest BCUT2D eigenvalue weighted by Gasteiger charge is 2.16. The van der Waals surface area contributed by atoms with E-state index in [0.29, 0.717) is 30.1 Å². The zero-order chi connectivity index (χ0) is 17.8. The number of rotatable bonds is 5. The van der Waals surface area contributed by atoms with Gasteiger partial charge in [-0.1, -0.05) is 28.1 Å². The number of esters is 1. The standard InChI is InChI=1S/C19H18BrN3O2/c1-2-25-19(24)16-11-22-17-8-5-13(20)9-15(17)18(16)23-10-12-3-6-14(21)7-4-12/h3-9,11H,2,10,21H2,1H3,(H,22,23). The Labute approximate surface area is 154 Å². The van der Waals surface area contributed by atoms with Crippen molar-refractivity contribution in [3.05, 3.63) is 64.3 Å². The minimum atomic E-state index is -0.392. The third-order valence-corrected chi connectivity index (χ3v) is 4.27. The summed E-state index contributed by atoms with van der Waals surface area (Å²) in [6.07, 6.45) is 1.56. The molecule has 3 aromatic rings. The van der Waals surface area contributed by atoms with Crippen molar-refractivity contribution < 1.29 is 9.53 Å². The molecule has 0 saturated carbocycles. The molecule has 25 heavy (non-hydrogen) atoms. The number of hydrogen-bond acceptors (Lipinski definition) is 5. The third-order valence-electron chi connectivity index (χ3n) is 3.77. The molecule has 0 amide bonds. The topological polar surface area (TPSA) is 77.2 Å². The number of benzene rings is 2. The first kappa shape index (κ1) is 17.2. The van der Waals surface area contributed by atoms with Gasteiger partial charge in [0.2, 0.25) is 0 Å². The van der Waals surface area contributed by atoms with Gasteiger partial charge in [-0.3, -0.25) is 4.98 Å². The second-order valence-electron chi connectivity index (χ2n) is 5.52. The van der Waals surface area contributed by atoms with Gasteiger partial charge in [0.1, 0.15) is 5.56 Å². The van der Waals surface area contributed by atoms with Crippen LogP contribution in [0.3, 0.4) is 0 Å². The molecule has 0 aliphatic rings. The molecular weight excluding hydrogens is 382 g/mol. The number of carbonyl (C=O) groups is 1. The molecule has 0 saturated heterocycles. The number of fused-ring (bicyclic) bond motifs is 1. The maximum absolute atomic E-state index is 12.3. The molecule has 0 radical (unpaired) electrons. The van der Waals surface area contributed by atoms with Gasteiger partial charge in [-0.15, -0.1) is 0 Å². The quantitative estimate of drug-likeness (QED) is 0.491. The number of aromatic nitrogens is 1. The number of pyridine rings is 1.